The molecule has 2 heterocycles. The van der Waals surface area contributed by atoms with Gasteiger partial charge in [-0.1, -0.05) is 31.5 Å². The summed E-state index contributed by atoms with van der Waals surface area (Å²) in [5.41, 5.74) is 3.06. The van der Waals surface area contributed by atoms with Crippen molar-refractivity contribution in [2.45, 2.75) is 33.4 Å². The summed E-state index contributed by atoms with van der Waals surface area (Å²) < 4.78 is 5.65. The van der Waals surface area contributed by atoms with Crippen LogP contribution in [0.25, 0.3) is 11.5 Å². The Hall–Kier alpha value is -1.65. The maximum Gasteiger partial charge on any atom is 0.226 e. The molecule has 0 aliphatic carbocycles. The molecule has 1 aromatic heterocycles. The van der Waals surface area contributed by atoms with Gasteiger partial charge in [-0.25, -0.2) is 4.98 Å². The van der Waals surface area contributed by atoms with Crippen LogP contribution in [-0.2, 0) is 6.54 Å². The SMILES string of the molecule is CN=C(NCc1coc(-c2ccc(C)cc2)n1)NCC(C(C)C)N1CCN(C)CC1.I. The number of piperazine rings is 1. The molecule has 0 saturated carbocycles. The van der Waals surface area contributed by atoms with E-state index in [1.54, 1.807) is 13.3 Å². The second kappa shape index (κ2) is 12.4. The summed E-state index contributed by atoms with van der Waals surface area (Å²) in [5.74, 6) is 2.01. The zero-order valence-electron chi connectivity index (χ0n) is 19.4. The lowest BCUT2D eigenvalue weighted by atomic mass is 10.0. The average molecular weight is 540 g/mol. The largest absolute Gasteiger partial charge is 0.444 e. The van der Waals surface area contributed by atoms with Crippen LogP contribution in [-0.4, -0.2) is 73.6 Å². The molecule has 1 atom stereocenters. The summed E-state index contributed by atoms with van der Waals surface area (Å²) in [4.78, 5) is 14.0. The Balaban J connectivity index is 0.00000341. The van der Waals surface area contributed by atoms with Gasteiger partial charge >= 0.3 is 0 Å². The number of aromatic nitrogens is 1. The van der Waals surface area contributed by atoms with E-state index in [0.717, 1.165) is 49.9 Å². The first-order valence-corrected chi connectivity index (χ1v) is 10.8. The summed E-state index contributed by atoms with van der Waals surface area (Å²) in [6, 6.07) is 8.67. The molecule has 1 aliphatic heterocycles. The van der Waals surface area contributed by atoms with Gasteiger partial charge in [-0.15, -0.1) is 24.0 Å². The smallest absolute Gasteiger partial charge is 0.226 e. The molecule has 0 amide bonds. The van der Waals surface area contributed by atoms with Crippen LogP contribution in [0, 0.1) is 12.8 Å². The molecule has 0 radical (unpaired) electrons. The van der Waals surface area contributed by atoms with E-state index in [0.29, 0.717) is 24.4 Å². The van der Waals surface area contributed by atoms with Crippen molar-refractivity contribution < 1.29 is 4.42 Å². The van der Waals surface area contributed by atoms with Crippen molar-refractivity contribution in [3.8, 4) is 11.5 Å². The number of nitrogens with one attached hydrogen (secondary N) is 2. The van der Waals surface area contributed by atoms with E-state index in [1.165, 1.54) is 5.56 Å². The zero-order valence-corrected chi connectivity index (χ0v) is 21.7. The second-order valence-corrected chi connectivity index (χ2v) is 8.47. The molecule has 1 fully saturated rings. The molecular formula is C23H37IN6O. The predicted octanol–water partition coefficient (Wildman–Crippen LogP) is 3.21. The number of aliphatic imine (C=N–C) groups is 1. The van der Waals surface area contributed by atoms with Crippen LogP contribution in [0.15, 0.2) is 39.9 Å². The van der Waals surface area contributed by atoms with Crippen molar-refractivity contribution in [1.29, 1.82) is 0 Å². The number of oxazole rings is 1. The van der Waals surface area contributed by atoms with E-state index in [2.05, 4.69) is 70.4 Å². The number of hydrogen-bond donors (Lipinski definition) is 2. The summed E-state index contributed by atoms with van der Waals surface area (Å²) in [5, 5.41) is 6.85. The van der Waals surface area contributed by atoms with Gasteiger partial charge in [0.15, 0.2) is 5.96 Å². The second-order valence-electron chi connectivity index (χ2n) is 8.47. The Morgan fingerprint density at radius 2 is 1.81 bits per heavy atom. The van der Waals surface area contributed by atoms with Gasteiger partial charge < -0.3 is 20.0 Å². The van der Waals surface area contributed by atoms with Crippen molar-refractivity contribution in [2.75, 3.05) is 46.8 Å². The highest BCUT2D eigenvalue weighted by atomic mass is 127. The molecule has 1 aliphatic rings. The highest BCUT2D eigenvalue weighted by molar-refractivity contribution is 14.0. The number of nitrogens with zero attached hydrogens (tertiary/aromatic N) is 4. The van der Waals surface area contributed by atoms with Gasteiger partial charge in [0.2, 0.25) is 5.89 Å². The van der Waals surface area contributed by atoms with E-state index in [1.807, 2.05) is 12.1 Å². The molecule has 1 unspecified atom stereocenters. The monoisotopic (exact) mass is 540 g/mol. The number of benzene rings is 1. The minimum atomic E-state index is 0. The third-order valence-corrected chi connectivity index (χ3v) is 5.77. The van der Waals surface area contributed by atoms with E-state index in [4.69, 9.17) is 4.42 Å². The summed E-state index contributed by atoms with van der Waals surface area (Å²) in [6.45, 7) is 12.6. The van der Waals surface area contributed by atoms with Crippen LogP contribution in [0.1, 0.15) is 25.1 Å². The van der Waals surface area contributed by atoms with E-state index in [9.17, 15) is 0 Å². The Kier molecular flexibility index (Phi) is 10.2. The van der Waals surface area contributed by atoms with Gasteiger partial charge in [0.1, 0.15) is 6.26 Å². The minimum Gasteiger partial charge on any atom is -0.444 e. The maximum atomic E-state index is 5.65. The Morgan fingerprint density at radius 3 is 2.42 bits per heavy atom. The van der Waals surface area contributed by atoms with E-state index in [-0.39, 0.29) is 24.0 Å². The normalized spacial score (nSPS) is 16.8. The molecular weight excluding hydrogens is 503 g/mol. The predicted molar refractivity (Wildman–Crippen MR) is 138 cm³/mol. The minimum absolute atomic E-state index is 0. The molecule has 2 N–H and O–H groups in total. The highest BCUT2D eigenvalue weighted by Gasteiger charge is 2.25. The molecule has 8 heteroatoms. The van der Waals surface area contributed by atoms with Gasteiger partial charge in [-0.05, 0) is 32.0 Å². The van der Waals surface area contributed by atoms with Crippen LogP contribution >= 0.6 is 24.0 Å². The van der Waals surface area contributed by atoms with Crippen LogP contribution in [0.2, 0.25) is 0 Å². The molecule has 172 valence electrons. The van der Waals surface area contributed by atoms with Crippen LogP contribution in [0.3, 0.4) is 0 Å². The number of hydrogen-bond acceptors (Lipinski definition) is 5. The average Bonchev–Trinajstić information content (AvgIpc) is 3.21. The fraction of sp³-hybridized carbons (Fsp3) is 0.565. The number of halogens is 1. The van der Waals surface area contributed by atoms with Gasteiger partial charge in [-0.2, -0.15) is 0 Å². The standard InChI is InChI=1S/C23H36N6O.HI/c1-17(2)21(29-12-10-28(5)11-13-29)15-26-23(24-4)25-14-20-16-30-22(27-20)19-8-6-18(3)7-9-19;/h6-9,16-17,21H,10-15H2,1-5H3,(H2,24,25,26);1H. The summed E-state index contributed by atoms with van der Waals surface area (Å²) in [6.07, 6.45) is 1.70. The quantitative estimate of drug-likeness (QED) is 0.320. The summed E-state index contributed by atoms with van der Waals surface area (Å²) >= 11 is 0. The maximum absolute atomic E-state index is 5.65. The number of aryl methyl sites for hydroxylation is 1. The van der Waals surface area contributed by atoms with Crippen LogP contribution in [0.4, 0.5) is 0 Å². The van der Waals surface area contributed by atoms with Crippen LogP contribution in [0.5, 0.6) is 0 Å². The molecule has 1 saturated heterocycles. The molecule has 2 aromatic rings. The van der Waals surface area contributed by atoms with E-state index < -0.39 is 0 Å². The lowest BCUT2D eigenvalue weighted by Crippen LogP contribution is -2.55. The van der Waals surface area contributed by atoms with Crippen molar-refractivity contribution in [1.82, 2.24) is 25.4 Å². The van der Waals surface area contributed by atoms with Crippen molar-refractivity contribution >= 4 is 29.9 Å². The molecule has 0 bridgehead atoms. The highest BCUT2D eigenvalue weighted by Crippen LogP contribution is 2.19. The van der Waals surface area contributed by atoms with Crippen molar-refractivity contribution in [3.05, 3.63) is 41.8 Å². The van der Waals surface area contributed by atoms with Gasteiger partial charge in [0.05, 0.1) is 12.2 Å². The van der Waals surface area contributed by atoms with Gasteiger partial charge in [0.25, 0.3) is 0 Å². The Bertz CT molecular complexity index is 812. The lowest BCUT2D eigenvalue weighted by molar-refractivity contribution is 0.0900. The topological polar surface area (TPSA) is 68.9 Å². The zero-order chi connectivity index (χ0) is 21.5. The Labute approximate surface area is 203 Å². The third-order valence-electron chi connectivity index (χ3n) is 5.77. The molecule has 31 heavy (non-hydrogen) atoms. The number of rotatable bonds is 7. The first-order chi connectivity index (χ1) is 14.5. The third kappa shape index (κ3) is 7.47. The number of likely N-dealkylation sites (N-methyl/N-ethyl adjacent to an activating group) is 1. The fourth-order valence-corrected chi connectivity index (χ4v) is 3.75. The Morgan fingerprint density at radius 1 is 1.13 bits per heavy atom. The van der Waals surface area contributed by atoms with Crippen molar-refractivity contribution in [3.63, 3.8) is 0 Å². The van der Waals surface area contributed by atoms with E-state index >= 15 is 0 Å². The van der Waals surface area contributed by atoms with Crippen LogP contribution < -0.4 is 10.6 Å². The first kappa shape index (κ1) is 25.6. The van der Waals surface area contributed by atoms with Crippen molar-refractivity contribution in [2.24, 2.45) is 10.9 Å². The summed E-state index contributed by atoms with van der Waals surface area (Å²) in [7, 11) is 4.00. The fourth-order valence-electron chi connectivity index (χ4n) is 3.75. The molecule has 3 rings (SSSR count). The molecule has 0 spiro atoms. The lowest BCUT2D eigenvalue weighted by Gasteiger charge is -2.40. The molecule has 7 nitrogen and oxygen atoms in total. The van der Waals surface area contributed by atoms with Gasteiger partial charge in [-0.3, -0.25) is 9.89 Å². The molecule has 1 aromatic carbocycles. The first-order valence-electron chi connectivity index (χ1n) is 10.8. The number of guanidine groups is 1. The van der Waals surface area contributed by atoms with Gasteiger partial charge in [0, 0.05) is 51.4 Å².